The van der Waals surface area contributed by atoms with Gasteiger partial charge in [-0.1, -0.05) is 27.7 Å². The summed E-state index contributed by atoms with van der Waals surface area (Å²) >= 11 is 0. The van der Waals surface area contributed by atoms with Crippen molar-refractivity contribution in [2.24, 2.45) is 17.3 Å². The van der Waals surface area contributed by atoms with Crippen LogP contribution in [-0.4, -0.2) is 36.6 Å². The molecule has 1 N–H and O–H groups in total. The molecule has 3 heteroatoms. The van der Waals surface area contributed by atoms with Crippen molar-refractivity contribution < 1.29 is 14.6 Å². The third kappa shape index (κ3) is 3.96. The predicted octanol–water partition coefficient (Wildman–Crippen LogP) is 3.40. The van der Waals surface area contributed by atoms with Crippen molar-refractivity contribution in [2.45, 2.75) is 71.5 Å². The quantitative estimate of drug-likeness (QED) is 0.863. The molecule has 3 unspecified atom stereocenters. The summed E-state index contributed by atoms with van der Waals surface area (Å²) < 4.78 is 11.5. The van der Waals surface area contributed by atoms with E-state index in [1.807, 2.05) is 0 Å². The van der Waals surface area contributed by atoms with E-state index >= 15 is 0 Å². The SMILES string of the molecule is CC(CC(O)C1CCOC2(CCOCC2)C1)C(C)(C)C. The molecule has 0 bridgehead atoms. The molecule has 3 atom stereocenters. The Morgan fingerprint density at radius 1 is 1.20 bits per heavy atom. The lowest BCUT2D eigenvalue weighted by Crippen LogP contribution is -2.47. The van der Waals surface area contributed by atoms with E-state index < -0.39 is 0 Å². The summed E-state index contributed by atoms with van der Waals surface area (Å²) in [5.41, 5.74) is 0.260. The normalized spacial score (nSPS) is 30.1. The van der Waals surface area contributed by atoms with E-state index in [0.29, 0.717) is 11.8 Å². The van der Waals surface area contributed by atoms with Gasteiger partial charge in [-0.05, 0) is 49.4 Å². The number of hydrogen-bond donors (Lipinski definition) is 1. The van der Waals surface area contributed by atoms with Crippen LogP contribution < -0.4 is 0 Å². The maximum Gasteiger partial charge on any atom is 0.0730 e. The highest BCUT2D eigenvalue weighted by Crippen LogP contribution is 2.40. The molecule has 3 nitrogen and oxygen atoms in total. The molecule has 0 aliphatic carbocycles. The van der Waals surface area contributed by atoms with Gasteiger partial charge in [0.15, 0.2) is 0 Å². The molecule has 0 aromatic heterocycles. The topological polar surface area (TPSA) is 38.7 Å². The van der Waals surface area contributed by atoms with Crippen LogP contribution in [0, 0.1) is 17.3 Å². The minimum atomic E-state index is -0.187. The van der Waals surface area contributed by atoms with Gasteiger partial charge < -0.3 is 14.6 Å². The van der Waals surface area contributed by atoms with Crippen LogP contribution in [0.4, 0.5) is 0 Å². The molecule has 2 rings (SSSR count). The van der Waals surface area contributed by atoms with Gasteiger partial charge in [0.1, 0.15) is 0 Å². The Balaban J connectivity index is 1.91. The van der Waals surface area contributed by atoms with E-state index in [0.717, 1.165) is 51.9 Å². The summed E-state index contributed by atoms with van der Waals surface area (Å²) in [7, 11) is 0. The zero-order chi connectivity index (χ0) is 14.8. The second-order valence-electron chi connectivity index (χ2n) is 7.97. The van der Waals surface area contributed by atoms with Gasteiger partial charge in [0, 0.05) is 19.8 Å². The lowest BCUT2D eigenvalue weighted by Gasteiger charge is -2.45. The lowest BCUT2D eigenvalue weighted by molar-refractivity contribution is -0.160. The van der Waals surface area contributed by atoms with E-state index in [9.17, 15) is 5.11 Å². The van der Waals surface area contributed by atoms with Crippen LogP contribution in [0.3, 0.4) is 0 Å². The Hall–Kier alpha value is -0.120. The third-order valence-electron chi connectivity index (χ3n) is 5.55. The molecule has 2 fully saturated rings. The minimum Gasteiger partial charge on any atom is -0.393 e. The Morgan fingerprint density at radius 3 is 2.45 bits per heavy atom. The minimum absolute atomic E-state index is 0.00683. The van der Waals surface area contributed by atoms with Gasteiger partial charge in [0.2, 0.25) is 0 Å². The first-order chi connectivity index (χ1) is 9.32. The molecule has 2 heterocycles. The number of hydrogen-bond acceptors (Lipinski definition) is 3. The molecule has 2 aliphatic rings. The molecule has 1 spiro atoms. The van der Waals surface area contributed by atoms with Crippen molar-refractivity contribution in [3.8, 4) is 0 Å². The Kier molecular flexibility index (Phi) is 5.14. The van der Waals surface area contributed by atoms with Crippen molar-refractivity contribution in [3.63, 3.8) is 0 Å². The van der Waals surface area contributed by atoms with Crippen LogP contribution in [0.15, 0.2) is 0 Å². The summed E-state index contributed by atoms with van der Waals surface area (Å²) in [6.45, 7) is 11.4. The molecular weight excluding hydrogens is 252 g/mol. The molecule has 0 radical (unpaired) electrons. The van der Waals surface area contributed by atoms with E-state index in [1.165, 1.54) is 0 Å². The van der Waals surface area contributed by atoms with Gasteiger partial charge in [-0.3, -0.25) is 0 Å². The van der Waals surface area contributed by atoms with Crippen molar-refractivity contribution in [3.05, 3.63) is 0 Å². The van der Waals surface area contributed by atoms with Gasteiger partial charge in [-0.25, -0.2) is 0 Å². The molecule has 0 aromatic rings. The monoisotopic (exact) mass is 284 g/mol. The van der Waals surface area contributed by atoms with E-state index in [4.69, 9.17) is 9.47 Å². The largest absolute Gasteiger partial charge is 0.393 e. The highest BCUT2D eigenvalue weighted by Gasteiger charge is 2.41. The average molecular weight is 284 g/mol. The number of aliphatic hydroxyl groups is 1. The van der Waals surface area contributed by atoms with E-state index in [-0.39, 0.29) is 17.1 Å². The van der Waals surface area contributed by atoms with Crippen LogP contribution in [0.5, 0.6) is 0 Å². The number of ether oxygens (including phenoxy) is 2. The van der Waals surface area contributed by atoms with Crippen LogP contribution >= 0.6 is 0 Å². The molecule has 0 aromatic carbocycles. The molecule has 0 amide bonds. The van der Waals surface area contributed by atoms with Gasteiger partial charge in [0.05, 0.1) is 11.7 Å². The number of rotatable bonds is 3. The van der Waals surface area contributed by atoms with Gasteiger partial charge in [0.25, 0.3) is 0 Å². The molecule has 2 aliphatic heterocycles. The van der Waals surface area contributed by atoms with Crippen LogP contribution in [-0.2, 0) is 9.47 Å². The molecular formula is C17H32O3. The highest BCUT2D eigenvalue weighted by molar-refractivity contribution is 4.91. The summed E-state index contributed by atoms with van der Waals surface area (Å²) in [6, 6.07) is 0. The third-order valence-corrected chi connectivity index (χ3v) is 5.55. The van der Waals surface area contributed by atoms with Crippen LogP contribution in [0.1, 0.15) is 59.8 Å². The second-order valence-corrected chi connectivity index (χ2v) is 7.97. The van der Waals surface area contributed by atoms with Crippen molar-refractivity contribution in [1.82, 2.24) is 0 Å². The first-order valence-corrected chi connectivity index (χ1v) is 8.22. The van der Waals surface area contributed by atoms with E-state index in [2.05, 4.69) is 27.7 Å². The van der Waals surface area contributed by atoms with Gasteiger partial charge >= 0.3 is 0 Å². The fourth-order valence-electron chi connectivity index (χ4n) is 3.39. The van der Waals surface area contributed by atoms with Crippen molar-refractivity contribution in [2.75, 3.05) is 19.8 Å². The fraction of sp³-hybridized carbons (Fsp3) is 1.00. The zero-order valence-corrected chi connectivity index (χ0v) is 13.7. The fourth-order valence-corrected chi connectivity index (χ4v) is 3.39. The van der Waals surface area contributed by atoms with Crippen LogP contribution in [0.25, 0.3) is 0 Å². The Bertz CT molecular complexity index is 296. The van der Waals surface area contributed by atoms with Crippen LogP contribution in [0.2, 0.25) is 0 Å². The zero-order valence-electron chi connectivity index (χ0n) is 13.7. The maximum atomic E-state index is 10.6. The summed E-state index contributed by atoms with van der Waals surface area (Å²) in [5, 5.41) is 10.6. The standard InChI is InChI=1S/C17H32O3/c1-13(16(2,3)4)11-15(18)14-5-8-20-17(12-14)6-9-19-10-7-17/h13-15,18H,5-12H2,1-4H3. The molecule has 20 heavy (non-hydrogen) atoms. The van der Waals surface area contributed by atoms with Crippen molar-refractivity contribution >= 4 is 0 Å². The van der Waals surface area contributed by atoms with Crippen molar-refractivity contribution in [1.29, 1.82) is 0 Å². The number of aliphatic hydroxyl groups excluding tert-OH is 1. The lowest BCUT2D eigenvalue weighted by atomic mass is 9.73. The average Bonchev–Trinajstić information content (AvgIpc) is 2.38. The highest BCUT2D eigenvalue weighted by atomic mass is 16.5. The summed E-state index contributed by atoms with van der Waals surface area (Å²) in [4.78, 5) is 0. The Labute approximate surface area is 124 Å². The second kappa shape index (κ2) is 6.33. The van der Waals surface area contributed by atoms with Gasteiger partial charge in [-0.2, -0.15) is 0 Å². The predicted molar refractivity (Wildman–Crippen MR) is 80.7 cm³/mol. The first-order valence-electron chi connectivity index (χ1n) is 8.22. The molecule has 2 saturated heterocycles. The van der Waals surface area contributed by atoms with Gasteiger partial charge in [-0.15, -0.1) is 0 Å². The molecule has 0 saturated carbocycles. The Morgan fingerprint density at radius 2 is 1.85 bits per heavy atom. The maximum absolute atomic E-state index is 10.6. The first kappa shape index (κ1) is 16.3. The summed E-state index contributed by atoms with van der Waals surface area (Å²) in [5.74, 6) is 0.928. The van der Waals surface area contributed by atoms with E-state index in [1.54, 1.807) is 0 Å². The summed E-state index contributed by atoms with van der Waals surface area (Å²) in [6.07, 6.45) is 4.71. The smallest absolute Gasteiger partial charge is 0.0730 e. The molecule has 118 valence electrons.